The Hall–Kier alpha value is -1.39. The van der Waals surface area contributed by atoms with Gasteiger partial charge < -0.3 is 0 Å². The quantitative estimate of drug-likeness (QED) is 0.609. The van der Waals surface area contributed by atoms with Gasteiger partial charge in [0.15, 0.2) is 5.65 Å². The van der Waals surface area contributed by atoms with Crippen LogP contribution in [0.15, 0.2) is 28.7 Å². The van der Waals surface area contributed by atoms with Gasteiger partial charge in [0, 0.05) is 15.9 Å². The fourth-order valence-corrected chi connectivity index (χ4v) is 2.92. The Labute approximate surface area is 137 Å². The van der Waals surface area contributed by atoms with Gasteiger partial charge in [-0.1, -0.05) is 15.9 Å². The first-order chi connectivity index (χ1) is 10.0. The second-order valence-electron chi connectivity index (χ2n) is 5.19. The van der Waals surface area contributed by atoms with Gasteiger partial charge in [0.05, 0.1) is 5.88 Å². The lowest BCUT2D eigenvalue weighted by atomic mass is 10.1. The Bertz CT molecular complexity index is 816. The zero-order valence-electron chi connectivity index (χ0n) is 12.1. The molecule has 3 aromatic rings. The maximum atomic E-state index is 6.08. The van der Waals surface area contributed by atoms with Crippen LogP contribution >= 0.6 is 27.5 Å². The standard InChI is InChI=1S/C16H15BrClN3/c1-9-6-12(7-10(2)15(9)17)21-14(8-18)20-13-5-4-11(3)19-16(13)21/h4-7H,8H2,1-3H3. The lowest BCUT2D eigenvalue weighted by Crippen LogP contribution is -2.02. The molecule has 5 heteroatoms. The highest BCUT2D eigenvalue weighted by molar-refractivity contribution is 9.10. The molecular formula is C16H15BrClN3. The van der Waals surface area contributed by atoms with Gasteiger partial charge in [-0.05, 0) is 56.2 Å². The minimum absolute atomic E-state index is 0.351. The molecule has 0 amide bonds. The number of aryl methyl sites for hydroxylation is 3. The molecule has 0 fully saturated rings. The lowest BCUT2D eigenvalue weighted by Gasteiger charge is -2.11. The highest BCUT2D eigenvalue weighted by Crippen LogP contribution is 2.28. The third-order valence-corrected chi connectivity index (χ3v) is 5.00. The first-order valence-electron chi connectivity index (χ1n) is 6.69. The number of fused-ring (bicyclic) bond motifs is 1. The number of halogens is 2. The third kappa shape index (κ3) is 2.47. The number of pyridine rings is 1. The average molecular weight is 365 g/mol. The van der Waals surface area contributed by atoms with Gasteiger partial charge in [-0.2, -0.15) is 0 Å². The Balaban J connectivity index is 2.35. The van der Waals surface area contributed by atoms with Crippen LogP contribution in [0.3, 0.4) is 0 Å². The van der Waals surface area contributed by atoms with Crippen molar-refractivity contribution in [1.29, 1.82) is 0 Å². The fourth-order valence-electron chi connectivity index (χ4n) is 2.51. The smallest absolute Gasteiger partial charge is 0.164 e. The molecule has 108 valence electrons. The molecule has 1 aromatic carbocycles. The molecule has 0 saturated carbocycles. The van der Waals surface area contributed by atoms with Gasteiger partial charge in [-0.25, -0.2) is 9.97 Å². The summed E-state index contributed by atoms with van der Waals surface area (Å²) in [6, 6.07) is 8.20. The van der Waals surface area contributed by atoms with Crippen LogP contribution < -0.4 is 0 Å². The number of nitrogens with zero attached hydrogens (tertiary/aromatic N) is 3. The monoisotopic (exact) mass is 363 g/mol. The predicted octanol–water partition coefficient (Wildman–Crippen LogP) is 4.85. The number of imidazole rings is 1. The second kappa shape index (κ2) is 5.43. The van der Waals surface area contributed by atoms with E-state index in [1.165, 1.54) is 11.1 Å². The van der Waals surface area contributed by atoms with Crippen molar-refractivity contribution in [1.82, 2.24) is 14.5 Å². The van der Waals surface area contributed by atoms with Crippen molar-refractivity contribution >= 4 is 38.7 Å². The SMILES string of the molecule is Cc1ccc2nc(CCl)n(-c3cc(C)c(Br)c(C)c3)c2n1. The van der Waals surface area contributed by atoms with E-state index in [2.05, 4.69) is 51.9 Å². The molecule has 0 saturated heterocycles. The first-order valence-corrected chi connectivity index (χ1v) is 8.02. The van der Waals surface area contributed by atoms with Crippen LogP contribution in [0, 0.1) is 20.8 Å². The van der Waals surface area contributed by atoms with Crippen molar-refractivity contribution in [3.8, 4) is 5.69 Å². The van der Waals surface area contributed by atoms with Gasteiger partial charge >= 0.3 is 0 Å². The van der Waals surface area contributed by atoms with Crippen molar-refractivity contribution in [2.45, 2.75) is 26.7 Å². The summed E-state index contributed by atoms with van der Waals surface area (Å²) in [5.41, 5.74) is 6.10. The summed E-state index contributed by atoms with van der Waals surface area (Å²) in [4.78, 5) is 9.22. The maximum Gasteiger partial charge on any atom is 0.164 e. The molecule has 0 N–H and O–H groups in total. The molecule has 0 aliphatic rings. The molecule has 0 atom stereocenters. The topological polar surface area (TPSA) is 30.7 Å². The normalized spacial score (nSPS) is 11.3. The van der Waals surface area contributed by atoms with E-state index in [-0.39, 0.29) is 0 Å². The molecule has 0 spiro atoms. The van der Waals surface area contributed by atoms with E-state index >= 15 is 0 Å². The molecule has 0 radical (unpaired) electrons. The van der Waals surface area contributed by atoms with Crippen LogP contribution in [0.4, 0.5) is 0 Å². The Morgan fingerprint density at radius 2 is 1.76 bits per heavy atom. The molecular weight excluding hydrogens is 350 g/mol. The maximum absolute atomic E-state index is 6.08. The van der Waals surface area contributed by atoms with Crippen LogP contribution in [0.5, 0.6) is 0 Å². The largest absolute Gasteiger partial charge is 0.280 e. The van der Waals surface area contributed by atoms with E-state index < -0.39 is 0 Å². The Morgan fingerprint density at radius 3 is 2.38 bits per heavy atom. The van der Waals surface area contributed by atoms with Crippen molar-refractivity contribution in [2.24, 2.45) is 0 Å². The van der Waals surface area contributed by atoms with Crippen molar-refractivity contribution in [3.63, 3.8) is 0 Å². The van der Waals surface area contributed by atoms with Gasteiger partial charge in [0.25, 0.3) is 0 Å². The van der Waals surface area contributed by atoms with Crippen LogP contribution in [0.2, 0.25) is 0 Å². The highest BCUT2D eigenvalue weighted by Gasteiger charge is 2.14. The summed E-state index contributed by atoms with van der Waals surface area (Å²) in [7, 11) is 0. The molecule has 0 unspecified atom stereocenters. The Morgan fingerprint density at radius 1 is 1.10 bits per heavy atom. The van der Waals surface area contributed by atoms with Gasteiger partial charge in [-0.15, -0.1) is 11.6 Å². The lowest BCUT2D eigenvalue weighted by molar-refractivity contribution is 0.962. The number of rotatable bonds is 2. The summed E-state index contributed by atoms with van der Waals surface area (Å²) in [6.07, 6.45) is 0. The van der Waals surface area contributed by atoms with Crippen molar-refractivity contribution < 1.29 is 0 Å². The van der Waals surface area contributed by atoms with Crippen LogP contribution in [-0.4, -0.2) is 14.5 Å². The zero-order valence-corrected chi connectivity index (χ0v) is 14.5. The number of benzene rings is 1. The van der Waals surface area contributed by atoms with E-state index in [1.54, 1.807) is 0 Å². The summed E-state index contributed by atoms with van der Waals surface area (Å²) in [6.45, 7) is 6.15. The van der Waals surface area contributed by atoms with Gasteiger partial charge in [0.2, 0.25) is 0 Å². The Kier molecular flexibility index (Phi) is 3.76. The summed E-state index contributed by atoms with van der Waals surface area (Å²) in [5.74, 6) is 1.16. The third-order valence-electron chi connectivity index (χ3n) is 3.51. The molecule has 2 aromatic heterocycles. The molecule has 2 heterocycles. The van der Waals surface area contributed by atoms with Gasteiger partial charge in [-0.3, -0.25) is 4.57 Å². The molecule has 3 rings (SSSR count). The minimum Gasteiger partial charge on any atom is -0.280 e. The summed E-state index contributed by atoms with van der Waals surface area (Å²) in [5, 5.41) is 0. The van der Waals surface area contributed by atoms with Crippen molar-refractivity contribution in [2.75, 3.05) is 0 Å². The van der Waals surface area contributed by atoms with E-state index in [0.717, 1.165) is 32.8 Å². The molecule has 0 aliphatic heterocycles. The van der Waals surface area contributed by atoms with E-state index in [9.17, 15) is 0 Å². The minimum atomic E-state index is 0.351. The van der Waals surface area contributed by atoms with Crippen molar-refractivity contribution in [3.05, 3.63) is 51.4 Å². The number of hydrogen-bond acceptors (Lipinski definition) is 2. The van der Waals surface area contributed by atoms with Gasteiger partial charge in [0.1, 0.15) is 11.3 Å². The van der Waals surface area contributed by atoms with Crippen LogP contribution in [0.25, 0.3) is 16.9 Å². The summed E-state index contributed by atoms with van der Waals surface area (Å²) < 4.78 is 3.18. The predicted molar refractivity (Wildman–Crippen MR) is 90.3 cm³/mol. The van der Waals surface area contributed by atoms with Crippen LogP contribution in [-0.2, 0) is 5.88 Å². The molecule has 3 nitrogen and oxygen atoms in total. The summed E-state index contributed by atoms with van der Waals surface area (Å²) >= 11 is 9.69. The molecule has 21 heavy (non-hydrogen) atoms. The van der Waals surface area contributed by atoms with E-state index in [1.807, 2.05) is 23.6 Å². The number of aromatic nitrogens is 3. The fraction of sp³-hybridized carbons (Fsp3) is 0.250. The molecule has 0 bridgehead atoms. The average Bonchev–Trinajstić information content (AvgIpc) is 2.81. The zero-order chi connectivity index (χ0) is 15.1. The number of alkyl halides is 1. The second-order valence-corrected chi connectivity index (χ2v) is 6.25. The number of hydrogen-bond donors (Lipinski definition) is 0. The first kappa shape index (κ1) is 14.5. The molecule has 0 aliphatic carbocycles. The van der Waals surface area contributed by atoms with E-state index in [4.69, 9.17) is 11.6 Å². The van der Waals surface area contributed by atoms with Crippen LogP contribution in [0.1, 0.15) is 22.6 Å². The highest BCUT2D eigenvalue weighted by atomic mass is 79.9. The van der Waals surface area contributed by atoms with E-state index in [0.29, 0.717) is 5.88 Å².